The number of ether oxygens (including phenoxy) is 1. The summed E-state index contributed by atoms with van der Waals surface area (Å²) >= 11 is 1.73. The van der Waals surface area contributed by atoms with Gasteiger partial charge in [0.15, 0.2) is 0 Å². The van der Waals surface area contributed by atoms with Crippen LogP contribution in [0.3, 0.4) is 0 Å². The molecule has 0 radical (unpaired) electrons. The number of aromatic nitrogens is 1. The second kappa shape index (κ2) is 5.84. The first-order chi connectivity index (χ1) is 10.1. The standard InChI is InChI=1S/C17H18N2OS/c1-11-8-9-16(21-11)17(12(2)18)20-15-7-3-6-14-13(15)5-4-10-19-14/h3-10,12,17H,18H2,1-2H3. The van der Waals surface area contributed by atoms with Gasteiger partial charge in [0.25, 0.3) is 0 Å². The quantitative estimate of drug-likeness (QED) is 0.789. The first kappa shape index (κ1) is 14.0. The van der Waals surface area contributed by atoms with Crippen LogP contribution in [0.25, 0.3) is 10.9 Å². The lowest BCUT2D eigenvalue weighted by Gasteiger charge is -2.22. The zero-order chi connectivity index (χ0) is 14.8. The van der Waals surface area contributed by atoms with Gasteiger partial charge in [-0.15, -0.1) is 11.3 Å². The van der Waals surface area contributed by atoms with Crippen molar-refractivity contribution in [3.63, 3.8) is 0 Å². The molecule has 3 rings (SSSR count). The molecule has 3 aromatic rings. The minimum absolute atomic E-state index is 0.0880. The van der Waals surface area contributed by atoms with Crippen LogP contribution in [0.15, 0.2) is 48.7 Å². The number of thiophene rings is 1. The molecule has 2 heterocycles. The summed E-state index contributed by atoms with van der Waals surface area (Å²) in [5.41, 5.74) is 7.07. The van der Waals surface area contributed by atoms with Crippen LogP contribution in [0.2, 0.25) is 0 Å². The maximum Gasteiger partial charge on any atom is 0.148 e. The molecule has 2 aromatic heterocycles. The predicted octanol–water partition coefficient (Wildman–Crippen LogP) is 4.07. The van der Waals surface area contributed by atoms with Gasteiger partial charge in [-0.1, -0.05) is 6.07 Å². The molecule has 2 N–H and O–H groups in total. The molecule has 0 saturated carbocycles. The molecule has 0 aliphatic heterocycles. The van der Waals surface area contributed by atoms with Crippen LogP contribution in [-0.4, -0.2) is 11.0 Å². The van der Waals surface area contributed by atoms with E-state index in [-0.39, 0.29) is 12.1 Å². The van der Waals surface area contributed by atoms with Crippen molar-refractivity contribution in [3.8, 4) is 5.75 Å². The molecular weight excluding hydrogens is 280 g/mol. The van der Waals surface area contributed by atoms with E-state index in [2.05, 4.69) is 24.0 Å². The summed E-state index contributed by atoms with van der Waals surface area (Å²) in [6.45, 7) is 4.07. The molecule has 0 bridgehead atoms. The Morgan fingerprint density at radius 2 is 2.00 bits per heavy atom. The van der Waals surface area contributed by atoms with Crippen LogP contribution >= 0.6 is 11.3 Å². The molecule has 0 amide bonds. The minimum Gasteiger partial charge on any atom is -0.483 e. The zero-order valence-electron chi connectivity index (χ0n) is 12.1. The molecule has 0 aliphatic carbocycles. The fraction of sp³-hybridized carbons (Fsp3) is 0.235. The van der Waals surface area contributed by atoms with Crippen molar-refractivity contribution in [1.29, 1.82) is 0 Å². The van der Waals surface area contributed by atoms with Crippen molar-refractivity contribution < 1.29 is 4.74 Å². The highest BCUT2D eigenvalue weighted by atomic mass is 32.1. The lowest BCUT2D eigenvalue weighted by molar-refractivity contribution is 0.186. The van der Waals surface area contributed by atoms with Crippen LogP contribution in [-0.2, 0) is 0 Å². The van der Waals surface area contributed by atoms with E-state index in [0.29, 0.717) is 0 Å². The highest BCUT2D eigenvalue weighted by molar-refractivity contribution is 7.12. The Hall–Kier alpha value is -1.91. The van der Waals surface area contributed by atoms with Crippen molar-refractivity contribution in [1.82, 2.24) is 4.98 Å². The van der Waals surface area contributed by atoms with E-state index in [4.69, 9.17) is 10.5 Å². The zero-order valence-corrected chi connectivity index (χ0v) is 12.9. The van der Waals surface area contributed by atoms with Gasteiger partial charge in [0.05, 0.1) is 5.52 Å². The van der Waals surface area contributed by atoms with Gasteiger partial charge >= 0.3 is 0 Å². The molecular formula is C17H18N2OS. The number of nitrogens with zero attached hydrogens (tertiary/aromatic N) is 1. The average Bonchev–Trinajstić information content (AvgIpc) is 2.90. The fourth-order valence-electron chi connectivity index (χ4n) is 2.35. The van der Waals surface area contributed by atoms with Crippen LogP contribution in [0.1, 0.15) is 22.8 Å². The van der Waals surface area contributed by atoms with Crippen molar-refractivity contribution in [2.75, 3.05) is 0 Å². The third kappa shape index (κ3) is 2.91. The monoisotopic (exact) mass is 298 g/mol. The van der Waals surface area contributed by atoms with Gasteiger partial charge in [-0.05, 0) is 50.2 Å². The molecule has 2 atom stereocenters. The molecule has 2 unspecified atom stereocenters. The number of benzene rings is 1. The summed E-state index contributed by atoms with van der Waals surface area (Å²) < 4.78 is 6.23. The number of hydrogen-bond acceptors (Lipinski definition) is 4. The summed E-state index contributed by atoms with van der Waals surface area (Å²) in [5.74, 6) is 0.828. The Kier molecular flexibility index (Phi) is 3.90. The highest BCUT2D eigenvalue weighted by Gasteiger charge is 2.20. The van der Waals surface area contributed by atoms with Crippen LogP contribution in [0, 0.1) is 6.92 Å². The third-order valence-corrected chi connectivity index (χ3v) is 4.44. The molecule has 0 aliphatic rings. The lowest BCUT2D eigenvalue weighted by Crippen LogP contribution is -2.28. The van der Waals surface area contributed by atoms with Crippen LogP contribution < -0.4 is 10.5 Å². The number of hydrogen-bond donors (Lipinski definition) is 1. The number of aryl methyl sites for hydroxylation is 1. The fourth-order valence-corrected chi connectivity index (χ4v) is 3.37. The highest BCUT2D eigenvalue weighted by Crippen LogP contribution is 2.32. The van der Waals surface area contributed by atoms with E-state index in [1.54, 1.807) is 17.5 Å². The summed E-state index contributed by atoms with van der Waals surface area (Å²) in [6, 6.07) is 14.0. The van der Waals surface area contributed by atoms with Gasteiger partial charge in [-0.3, -0.25) is 4.98 Å². The maximum absolute atomic E-state index is 6.23. The molecule has 1 aromatic carbocycles. The van der Waals surface area contributed by atoms with E-state index < -0.39 is 0 Å². The number of rotatable bonds is 4. The van der Waals surface area contributed by atoms with E-state index in [0.717, 1.165) is 21.5 Å². The molecule has 21 heavy (non-hydrogen) atoms. The molecule has 0 saturated heterocycles. The Morgan fingerprint density at radius 3 is 2.71 bits per heavy atom. The minimum atomic E-state index is -0.144. The normalized spacial score (nSPS) is 14.0. The molecule has 0 spiro atoms. The maximum atomic E-state index is 6.23. The van der Waals surface area contributed by atoms with Crippen LogP contribution in [0.4, 0.5) is 0 Å². The summed E-state index contributed by atoms with van der Waals surface area (Å²) in [5, 5.41) is 1.01. The summed E-state index contributed by atoms with van der Waals surface area (Å²) in [4.78, 5) is 6.78. The van der Waals surface area contributed by atoms with Gasteiger partial charge in [-0.2, -0.15) is 0 Å². The topological polar surface area (TPSA) is 48.1 Å². The average molecular weight is 298 g/mol. The number of pyridine rings is 1. The number of nitrogens with two attached hydrogens (primary N) is 1. The van der Waals surface area contributed by atoms with E-state index in [1.807, 2.05) is 37.3 Å². The number of fused-ring (bicyclic) bond motifs is 1. The predicted molar refractivity (Wildman–Crippen MR) is 87.8 cm³/mol. The Labute approximate surface area is 128 Å². The van der Waals surface area contributed by atoms with Crippen molar-refractivity contribution in [2.45, 2.75) is 26.0 Å². The van der Waals surface area contributed by atoms with Crippen molar-refractivity contribution >= 4 is 22.2 Å². The summed E-state index contributed by atoms with van der Waals surface area (Å²) in [6.07, 6.45) is 1.65. The Morgan fingerprint density at radius 1 is 1.14 bits per heavy atom. The van der Waals surface area contributed by atoms with E-state index >= 15 is 0 Å². The Balaban J connectivity index is 1.99. The third-order valence-electron chi connectivity index (χ3n) is 3.38. The summed E-state index contributed by atoms with van der Waals surface area (Å²) in [7, 11) is 0. The first-order valence-corrected chi connectivity index (χ1v) is 7.79. The molecule has 0 fully saturated rings. The van der Waals surface area contributed by atoms with Gasteiger partial charge in [-0.25, -0.2) is 0 Å². The van der Waals surface area contributed by atoms with Gasteiger partial charge in [0.2, 0.25) is 0 Å². The first-order valence-electron chi connectivity index (χ1n) is 6.97. The SMILES string of the molecule is Cc1ccc(C(Oc2cccc3ncccc23)C(C)N)s1. The van der Waals surface area contributed by atoms with Gasteiger partial charge < -0.3 is 10.5 Å². The van der Waals surface area contributed by atoms with Gasteiger partial charge in [0.1, 0.15) is 11.9 Å². The molecule has 4 heteroatoms. The van der Waals surface area contributed by atoms with E-state index in [1.165, 1.54) is 4.88 Å². The van der Waals surface area contributed by atoms with Crippen molar-refractivity contribution in [2.24, 2.45) is 5.73 Å². The second-order valence-corrected chi connectivity index (χ2v) is 6.49. The lowest BCUT2D eigenvalue weighted by atomic mass is 10.1. The van der Waals surface area contributed by atoms with E-state index in [9.17, 15) is 0 Å². The van der Waals surface area contributed by atoms with Crippen molar-refractivity contribution in [3.05, 3.63) is 58.4 Å². The smallest absolute Gasteiger partial charge is 0.148 e. The van der Waals surface area contributed by atoms with Gasteiger partial charge in [0, 0.05) is 27.4 Å². The largest absolute Gasteiger partial charge is 0.483 e. The molecule has 3 nitrogen and oxygen atoms in total. The second-order valence-electron chi connectivity index (χ2n) is 5.17. The Bertz CT molecular complexity index is 746. The molecule has 108 valence electrons. The van der Waals surface area contributed by atoms with Crippen LogP contribution in [0.5, 0.6) is 5.75 Å².